The molecule has 0 spiro atoms. The van der Waals surface area contributed by atoms with Crippen LogP contribution in [0, 0.1) is 13.8 Å². The Hall–Kier alpha value is -1.66. The van der Waals surface area contributed by atoms with Gasteiger partial charge in [-0.1, -0.05) is 0 Å². The minimum atomic E-state index is 0.819. The fourth-order valence-electron chi connectivity index (χ4n) is 2.26. The second-order valence-electron chi connectivity index (χ2n) is 4.76. The number of hydrogen-bond donors (Lipinski definition) is 1. The van der Waals surface area contributed by atoms with E-state index in [2.05, 4.69) is 39.0 Å². The van der Waals surface area contributed by atoms with Crippen LogP contribution in [0.5, 0.6) is 0 Å². The Morgan fingerprint density at radius 1 is 1.32 bits per heavy atom. The van der Waals surface area contributed by atoms with Crippen LogP contribution >= 0.6 is 11.3 Å². The van der Waals surface area contributed by atoms with Crippen molar-refractivity contribution in [2.45, 2.75) is 26.9 Å². The van der Waals surface area contributed by atoms with E-state index in [1.54, 1.807) is 11.3 Å². The Bertz CT molecular complexity index is 706. The van der Waals surface area contributed by atoms with E-state index in [1.165, 1.54) is 17.0 Å². The van der Waals surface area contributed by atoms with Crippen LogP contribution in [0.1, 0.15) is 22.6 Å². The maximum atomic E-state index is 4.59. The standard InChI is InChI=1S/C13H17N5S/c1-9-8-19-13-16-10(2)12(18(9)13)6-14-4-11-5-15-17(3)7-11/h5,7-8,14H,4,6H2,1-3H3. The molecule has 0 bridgehead atoms. The van der Waals surface area contributed by atoms with Gasteiger partial charge in [-0.3, -0.25) is 9.08 Å². The third-order valence-corrected chi connectivity index (χ3v) is 4.15. The first kappa shape index (κ1) is 12.4. The summed E-state index contributed by atoms with van der Waals surface area (Å²) in [6.45, 7) is 5.83. The minimum absolute atomic E-state index is 0.819. The monoisotopic (exact) mass is 275 g/mol. The maximum Gasteiger partial charge on any atom is 0.194 e. The lowest BCUT2D eigenvalue weighted by molar-refractivity contribution is 0.669. The molecule has 0 aliphatic carbocycles. The SMILES string of the molecule is Cc1nc2scc(C)n2c1CNCc1cnn(C)c1. The van der Waals surface area contributed by atoms with Gasteiger partial charge in [-0.25, -0.2) is 4.98 Å². The summed E-state index contributed by atoms with van der Waals surface area (Å²) >= 11 is 1.69. The van der Waals surface area contributed by atoms with Gasteiger partial charge in [-0.05, 0) is 13.8 Å². The molecular weight excluding hydrogens is 258 g/mol. The predicted octanol–water partition coefficient (Wildman–Crippen LogP) is 2.04. The highest BCUT2D eigenvalue weighted by molar-refractivity contribution is 7.15. The van der Waals surface area contributed by atoms with Gasteiger partial charge in [-0.15, -0.1) is 11.3 Å². The number of rotatable bonds is 4. The van der Waals surface area contributed by atoms with E-state index in [-0.39, 0.29) is 0 Å². The zero-order valence-electron chi connectivity index (χ0n) is 11.3. The highest BCUT2D eigenvalue weighted by atomic mass is 32.1. The number of fused-ring (bicyclic) bond motifs is 1. The molecule has 3 aromatic rings. The third-order valence-electron chi connectivity index (χ3n) is 3.21. The first-order chi connectivity index (χ1) is 9.15. The molecule has 1 N–H and O–H groups in total. The van der Waals surface area contributed by atoms with Gasteiger partial charge in [0.25, 0.3) is 0 Å². The van der Waals surface area contributed by atoms with E-state index in [4.69, 9.17) is 0 Å². The first-order valence-corrected chi connectivity index (χ1v) is 7.13. The lowest BCUT2D eigenvalue weighted by Gasteiger charge is -2.04. The Balaban J connectivity index is 1.74. The Morgan fingerprint density at radius 3 is 2.89 bits per heavy atom. The lowest BCUT2D eigenvalue weighted by atomic mass is 10.3. The van der Waals surface area contributed by atoms with Gasteiger partial charge in [0, 0.05) is 43.0 Å². The molecule has 3 aromatic heterocycles. The molecule has 6 heteroatoms. The second kappa shape index (κ2) is 4.79. The number of imidazole rings is 1. The molecule has 0 fully saturated rings. The summed E-state index contributed by atoms with van der Waals surface area (Å²) in [6.07, 6.45) is 3.92. The average molecular weight is 275 g/mol. The van der Waals surface area contributed by atoms with E-state index in [0.29, 0.717) is 0 Å². The van der Waals surface area contributed by atoms with Crippen molar-refractivity contribution in [3.63, 3.8) is 0 Å². The largest absolute Gasteiger partial charge is 0.307 e. The molecule has 19 heavy (non-hydrogen) atoms. The van der Waals surface area contributed by atoms with Gasteiger partial charge in [0.05, 0.1) is 17.6 Å². The smallest absolute Gasteiger partial charge is 0.194 e. The van der Waals surface area contributed by atoms with Crippen LogP contribution in [0.25, 0.3) is 4.96 Å². The zero-order valence-corrected chi connectivity index (χ0v) is 12.2. The van der Waals surface area contributed by atoms with Crippen molar-refractivity contribution in [1.29, 1.82) is 0 Å². The predicted molar refractivity (Wildman–Crippen MR) is 76.3 cm³/mol. The van der Waals surface area contributed by atoms with Gasteiger partial charge < -0.3 is 5.32 Å². The van der Waals surface area contributed by atoms with Crippen LogP contribution in [-0.4, -0.2) is 19.2 Å². The summed E-state index contributed by atoms with van der Waals surface area (Å²) < 4.78 is 4.05. The van der Waals surface area contributed by atoms with Crippen molar-refractivity contribution < 1.29 is 0 Å². The molecule has 0 unspecified atom stereocenters. The Labute approximate surface area is 115 Å². The van der Waals surface area contributed by atoms with E-state index < -0.39 is 0 Å². The maximum absolute atomic E-state index is 4.59. The third kappa shape index (κ3) is 2.29. The number of hydrogen-bond acceptors (Lipinski definition) is 4. The van der Waals surface area contributed by atoms with Crippen LogP contribution < -0.4 is 5.32 Å². The number of aromatic nitrogens is 4. The second-order valence-corrected chi connectivity index (χ2v) is 5.60. The molecular formula is C13H17N5S. The summed E-state index contributed by atoms with van der Waals surface area (Å²) in [5, 5.41) is 9.77. The normalized spacial score (nSPS) is 11.5. The summed E-state index contributed by atoms with van der Waals surface area (Å²) in [7, 11) is 1.93. The fourth-order valence-corrected chi connectivity index (χ4v) is 3.19. The van der Waals surface area contributed by atoms with Crippen molar-refractivity contribution in [2.75, 3.05) is 0 Å². The Kier molecular flexibility index (Phi) is 3.12. The summed E-state index contributed by atoms with van der Waals surface area (Å²) in [6, 6.07) is 0. The van der Waals surface area contributed by atoms with Gasteiger partial charge >= 0.3 is 0 Å². The molecule has 5 nitrogen and oxygen atoms in total. The van der Waals surface area contributed by atoms with Crippen molar-refractivity contribution in [2.24, 2.45) is 7.05 Å². The summed E-state index contributed by atoms with van der Waals surface area (Å²) in [4.78, 5) is 5.67. The van der Waals surface area contributed by atoms with Crippen molar-refractivity contribution in [3.8, 4) is 0 Å². The molecule has 0 radical (unpaired) electrons. The molecule has 3 heterocycles. The average Bonchev–Trinajstić information content (AvgIpc) is 3.01. The number of nitrogens with one attached hydrogen (secondary N) is 1. The van der Waals surface area contributed by atoms with Crippen LogP contribution in [0.2, 0.25) is 0 Å². The van der Waals surface area contributed by atoms with Crippen LogP contribution in [0.3, 0.4) is 0 Å². The van der Waals surface area contributed by atoms with Gasteiger partial charge in [0.15, 0.2) is 4.96 Å². The minimum Gasteiger partial charge on any atom is -0.307 e. The van der Waals surface area contributed by atoms with E-state index in [9.17, 15) is 0 Å². The highest BCUT2D eigenvalue weighted by Gasteiger charge is 2.11. The molecule has 100 valence electrons. The number of aryl methyl sites for hydroxylation is 3. The summed E-state index contributed by atoms with van der Waals surface area (Å²) in [5.41, 5.74) is 4.80. The van der Waals surface area contributed by atoms with Crippen LogP contribution in [-0.2, 0) is 20.1 Å². The molecule has 3 rings (SSSR count). The van der Waals surface area contributed by atoms with Crippen molar-refractivity contribution >= 4 is 16.3 Å². The van der Waals surface area contributed by atoms with E-state index in [1.807, 2.05) is 24.1 Å². The first-order valence-electron chi connectivity index (χ1n) is 6.25. The van der Waals surface area contributed by atoms with Gasteiger partial charge in [-0.2, -0.15) is 5.10 Å². The lowest BCUT2D eigenvalue weighted by Crippen LogP contribution is -2.14. The molecule has 0 saturated heterocycles. The van der Waals surface area contributed by atoms with Crippen LogP contribution in [0.4, 0.5) is 0 Å². The van der Waals surface area contributed by atoms with Gasteiger partial charge in [0.2, 0.25) is 0 Å². The summed E-state index contributed by atoms with van der Waals surface area (Å²) in [5.74, 6) is 0. The van der Waals surface area contributed by atoms with E-state index >= 15 is 0 Å². The molecule has 0 amide bonds. The van der Waals surface area contributed by atoms with Crippen molar-refractivity contribution in [3.05, 3.63) is 40.4 Å². The Morgan fingerprint density at radius 2 is 2.16 bits per heavy atom. The van der Waals surface area contributed by atoms with Crippen LogP contribution in [0.15, 0.2) is 17.8 Å². The van der Waals surface area contributed by atoms with E-state index in [0.717, 1.165) is 23.7 Å². The molecule has 0 aromatic carbocycles. The number of nitrogens with zero attached hydrogens (tertiary/aromatic N) is 4. The molecule has 0 aliphatic heterocycles. The molecule has 0 saturated carbocycles. The molecule has 0 atom stereocenters. The zero-order chi connectivity index (χ0) is 13.4. The topological polar surface area (TPSA) is 47.1 Å². The molecule has 0 aliphatic rings. The quantitative estimate of drug-likeness (QED) is 0.792. The highest BCUT2D eigenvalue weighted by Crippen LogP contribution is 2.20. The van der Waals surface area contributed by atoms with Gasteiger partial charge in [0.1, 0.15) is 0 Å². The number of thiazole rings is 1. The fraction of sp³-hybridized carbons (Fsp3) is 0.385. The van der Waals surface area contributed by atoms with Crippen molar-refractivity contribution in [1.82, 2.24) is 24.5 Å².